The molecule has 0 aromatic rings. The van der Waals surface area contributed by atoms with Crippen molar-refractivity contribution < 1.29 is 52.2 Å². The van der Waals surface area contributed by atoms with Crippen LogP contribution in [-0.4, -0.2) is 132 Å². The Labute approximate surface area is 389 Å². The van der Waals surface area contributed by atoms with Crippen molar-refractivity contribution in [2.45, 2.75) is 206 Å². The van der Waals surface area contributed by atoms with E-state index in [1.165, 1.54) is 167 Å². The van der Waals surface area contributed by atoms with E-state index in [1.54, 1.807) is 0 Å². The molecule has 0 aliphatic rings. The number of hydrogen-bond acceptors (Lipinski definition) is 11. The minimum absolute atomic E-state index is 0.126. The van der Waals surface area contributed by atoms with Crippen LogP contribution < -0.4 is 0 Å². The molecule has 0 aliphatic carbocycles. The van der Waals surface area contributed by atoms with Crippen LogP contribution in [0.25, 0.3) is 0 Å². The number of unbranched alkanes of at least 4 members (excludes halogenated alkanes) is 27. The summed E-state index contributed by atoms with van der Waals surface area (Å²) in [5.74, 6) is -0.126. The zero-order valence-electron chi connectivity index (χ0n) is 41.6. The number of hydrogen-bond donors (Lipinski definition) is 0. The summed E-state index contributed by atoms with van der Waals surface area (Å²) < 4.78 is 55.3. The van der Waals surface area contributed by atoms with Gasteiger partial charge < -0.3 is 47.4 Å². The van der Waals surface area contributed by atoms with Crippen LogP contribution in [-0.2, 0) is 52.2 Å². The number of esters is 1. The van der Waals surface area contributed by atoms with Crippen LogP contribution in [0.15, 0.2) is 0 Å². The Hall–Kier alpha value is -0.890. The van der Waals surface area contributed by atoms with Gasteiger partial charge in [0, 0.05) is 13.0 Å². The molecule has 0 atom stereocenters. The molecule has 0 unspecified atom stereocenters. The maximum atomic E-state index is 11.9. The lowest BCUT2D eigenvalue weighted by Crippen LogP contribution is -2.15. The van der Waals surface area contributed by atoms with E-state index in [1.807, 2.05) is 0 Å². The second-order valence-corrected chi connectivity index (χ2v) is 17.0. The molecule has 0 bridgehead atoms. The highest BCUT2D eigenvalue weighted by molar-refractivity contribution is 5.69. The normalized spacial score (nSPS) is 11.6. The third-order valence-corrected chi connectivity index (χ3v) is 11.1. The van der Waals surface area contributed by atoms with E-state index in [0.717, 1.165) is 25.9 Å². The van der Waals surface area contributed by atoms with Gasteiger partial charge >= 0.3 is 5.97 Å². The average molecular weight is 905 g/mol. The molecule has 0 rings (SSSR count). The van der Waals surface area contributed by atoms with Crippen molar-refractivity contribution in [3.05, 3.63) is 0 Å². The van der Waals surface area contributed by atoms with E-state index < -0.39 is 0 Å². The monoisotopic (exact) mass is 905 g/mol. The third-order valence-electron chi connectivity index (χ3n) is 11.1. The fourth-order valence-corrected chi connectivity index (χ4v) is 7.19. The summed E-state index contributed by atoms with van der Waals surface area (Å²) in [6, 6.07) is 0. The maximum absolute atomic E-state index is 11.9. The number of ether oxygens (including phenoxy) is 10. The fourth-order valence-electron chi connectivity index (χ4n) is 7.19. The second-order valence-electron chi connectivity index (χ2n) is 17.0. The Bertz CT molecular complexity index is 821. The highest BCUT2D eigenvalue weighted by Crippen LogP contribution is 2.15. The van der Waals surface area contributed by atoms with Crippen molar-refractivity contribution in [3.63, 3.8) is 0 Å². The molecule has 0 amide bonds. The summed E-state index contributed by atoms with van der Waals surface area (Å²) in [6.07, 6.45) is 39.5. The van der Waals surface area contributed by atoms with E-state index in [9.17, 15) is 4.79 Å². The maximum Gasteiger partial charge on any atom is 0.305 e. The van der Waals surface area contributed by atoms with E-state index in [0.29, 0.717) is 125 Å². The van der Waals surface area contributed by atoms with Crippen LogP contribution >= 0.6 is 0 Å². The first-order chi connectivity index (χ1) is 31.3. The van der Waals surface area contributed by atoms with Gasteiger partial charge in [-0.1, -0.05) is 187 Å². The van der Waals surface area contributed by atoms with Crippen LogP contribution in [0, 0.1) is 0 Å². The van der Waals surface area contributed by atoms with Gasteiger partial charge in [-0.3, -0.25) is 4.79 Å². The van der Waals surface area contributed by atoms with Gasteiger partial charge in [-0.15, -0.1) is 0 Å². The van der Waals surface area contributed by atoms with E-state index in [2.05, 4.69) is 13.8 Å². The van der Waals surface area contributed by atoms with E-state index in [4.69, 9.17) is 47.4 Å². The molecule has 0 aromatic carbocycles. The standard InChI is InChI=1S/C52H104O11/c1-3-5-7-9-11-13-15-17-18-19-21-23-25-27-29-31-33-54-34-35-55-36-37-56-38-39-57-40-41-58-42-43-59-44-45-60-46-47-61-48-49-62-50-51-63-52(53)32-30-28-26-24-22-20-16-14-12-10-8-6-4-2/h3-51H2,1-2H3. The zero-order valence-corrected chi connectivity index (χ0v) is 41.6. The van der Waals surface area contributed by atoms with Crippen molar-refractivity contribution in [1.82, 2.24) is 0 Å². The number of rotatable bonds is 58. The van der Waals surface area contributed by atoms with Gasteiger partial charge in [-0.2, -0.15) is 0 Å². The predicted molar refractivity (Wildman–Crippen MR) is 258 cm³/mol. The van der Waals surface area contributed by atoms with Gasteiger partial charge in [0.05, 0.1) is 112 Å². The Morgan fingerprint density at radius 3 is 0.667 bits per heavy atom. The molecule has 63 heavy (non-hydrogen) atoms. The Morgan fingerprint density at radius 1 is 0.222 bits per heavy atom. The molecular weight excluding hydrogens is 801 g/mol. The van der Waals surface area contributed by atoms with Crippen molar-refractivity contribution >= 4 is 5.97 Å². The fraction of sp³-hybridized carbons (Fsp3) is 0.981. The first-order valence-electron chi connectivity index (χ1n) is 26.7. The van der Waals surface area contributed by atoms with Crippen LogP contribution in [0.1, 0.15) is 206 Å². The van der Waals surface area contributed by atoms with Gasteiger partial charge in [-0.25, -0.2) is 0 Å². The van der Waals surface area contributed by atoms with Crippen LogP contribution in [0.3, 0.4) is 0 Å². The summed E-state index contributed by atoms with van der Waals surface area (Å²) in [6.45, 7) is 14.6. The van der Waals surface area contributed by atoms with Gasteiger partial charge in [0.2, 0.25) is 0 Å². The van der Waals surface area contributed by atoms with Crippen molar-refractivity contribution in [2.75, 3.05) is 126 Å². The largest absolute Gasteiger partial charge is 0.463 e. The van der Waals surface area contributed by atoms with Gasteiger partial charge in [-0.05, 0) is 12.8 Å². The lowest BCUT2D eigenvalue weighted by atomic mass is 10.0. The van der Waals surface area contributed by atoms with Gasteiger partial charge in [0.15, 0.2) is 0 Å². The van der Waals surface area contributed by atoms with Gasteiger partial charge in [0.1, 0.15) is 6.61 Å². The van der Waals surface area contributed by atoms with Crippen LogP contribution in [0.5, 0.6) is 0 Å². The Balaban J connectivity index is 3.11. The predicted octanol–water partition coefficient (Wildman–Crippen LogP) is 12.4. The van der Waals surface area contributed by atoms with Crippen LogP contribution in [0.2, 0.25) is 0 Å². The molecule has 0 spiro atoms. The average Bonchev–Trinajstić information content (AvgIpc) is 3.29. The smallest absolute Gasteiger partial charge is 0.305 e. The quantitative estimate of drug-likeness (QED) is 0.0430. The minimum Gasteiger partial charge on any atom is -0.463 e. The summed E-state index contributed by atoms with van der Waals surface area (Å²) in [5.41, 5.74) is 0. The van der Waals surface area contributed by atoms with Crippen molar-refractivity contribution in [2.24, 2.45) is 0 Å². The molecule has 11 heteroatoms. The summed E-state index contributed by atoms with van der Waals surface area (Å²) in [4.78, 5) is 11.9. The Morgan fingerprint density at radius 2 is 0.413 bits per heavy atom. The highest BCUT2D eigenvalue weighted by Gasteiger charge is 2.03. The van der Waals surface area contributed by atoms with Gasteiger partial charge in [0.25, 0.3) is 0 Å². The van der Waals surface area contributed by atoms with E-state index >= 15 is 0 Å². The van der Waals surface area contributed by atoms with Crippen molar-refractivity contribution in [3.8, 4) is 0 Å². The number of carbonyl (C=O) groups is 1. The molecule has 0 saturated heterocycles. The van der Waals surface area contributed by atoms with Crippen LogP contribution in [0.4, 0.5) is 0 Å². The summed E-state index contributed by atoms with van der Waals surface area (Å²) >= 11 is 0. The molecule has 0 fully saturated rings. The molecular formula is C52H104O11. The third kappa shape index (κ3) is 59.1. The topological polar surface area (TPSA) is 109 Å². The first kappa shape index (κ1) is 62.1. The summed E-state index contributed by atoms with van der Waals surface area (Å²) in [7, 11) is 0. The zero-order chi connectivity index (χ0) is 45.3. The second kappa shape index (κ2) is 59.1. The minimum atomic E-state index is -0.126. The van der Waals surface area contributed by atoms with Crippen molar-refractivity contribution in [1.29, 1.82) is 0 Å². The molecule has 0 aliphatic heterocycles. The molecule has 0 heterocycles. The molecule has 0 radical (unpaired) electrons. The lowest BCUT2D eigenvalue weighted by Gasteiger charge is -2.09. The first-order valence-corrected chi connectivity index (χ1v) is 26.7. The molecule has 0 saturated carbocycles. The molecule has 0 N–H and O–H groups in total. The lowest BCUT2D eigenvalue weighted by molar-refractivity contribution is -0.145. The Kier molecular flexibility index (Phi) is 58.3. The SMILES string of the molecule is CCCCCCCCCCCCCCCCCCOCCOCCOCCOCCOCCOCCOCCOCCOCCOC(=O)CCCCCCCCCCCCCCC. The summed E-state index contributed by atoms with van der Waals surface area (Å²) in [5, 5.41) is 0. The molecule has 0 aromatic heterocycles. The molecule has 11 nitrogen and oxygen atoms in total. The number of carbonyl (C=O) groups excluding carboxylic acids is 1. The highest BCUT2D eigenvalue weighted by atomic mass is 16.6. The van der Waals surface area contributed by atoms with E-state index in [-0.39, 0.29) is 5.97 Å². The molecule has 378 valence electrons.